The average Bonchev–Trinajstić information content (AvgIpc) is 3.54. The molecule has 0 atom stereocenters. The topological polar surface area (TPSA) is 78.3 Å². The van der Waals surface area contributed by atoms with Crippen LogP contribution in [0.4, 0.5) is 5.13 Å². The predicted molar refractivity (Wildman–Crippen MR) is 131 cm³/mol. The van der Waals surface area contributed by atoms with E-state index in [1.807, 2.05) is 38.1 Å². The molecule has 2 aromatic heterocycles. The second kappa shape index (κ2) is 9.77. The lowest BCUT2D eigenvalue weighted by Gasteiger charge is -2.21. The summed E-state index contributed by atoms with van der Waals surface area (Å²) < 4.78 is 13.9. The number of anilines is 1. The van der Waals surface area contributed by atoms with Gasteiger partial charge in [-0.2, -0.15) is 0 Å². The van der Waals surface area contributed by atoms with Crippen LogP contribution in [0, 0.1) is 13.8 Å². The van der Waals surface area contributed by atoms with Crippen molar-refractivity contribution in [1.82, 2.24) is 14.8 Å². The summed E-state index contributed by atoms with van der Waals surface area (Å²) >= 11 is 3.00. The lowest BCUT2D eigenvalue weighted by molar-refractivity contribution is 0.102. The number of carbonyl (C=O) groups excluding carboxylic acids is 1. The van der Waals surface area contributed by atoms with Crippen LogP contribution in [0.1, 0.15) is 59.4 Å². The third kappa shape index (κ3) is 5.04. The number of carbonyl (C=O) groups is 1. The van der Waals surface area contributed by atoms with Gasteiger partial charge in [0.2, 0.25) is 11.9 Å². The number of hydrogen-bond donors (Lipinski definition) is 1. The molecule has 1 aliphatic heterocycles. The minimum absolute atomic E-state index is 0.113. The molecule has 0 saturated heterocycles. The summed E-state index contributed by atoms with van der Waals surface area (Å²) in [7, 11) is 0. The molecule has 2 aliphatic rings. The molecule has 0 unspecified atom stereocenters. The molecule has 0 spiro atoms. The molecule has 0 radical (unpaired) electrons. The third-order valence-corrected chi connectivity index (χ3v) is 8.31. The lowest BCUT2D eigenvalue weighted by Crippen LogP contribution is -2.21. The van der Waals surface area contributed by atoms with Gasteiger partial charge in [-0.25, -0.2) is 0 Å². The van der Waals surface area contributed by atoms with Gasteiger partial charge in [-0.05, 0) is 50.5 Å². The standard InChI is InChI=1S/C24H28N4O3S2/c1-15-10-19(16(2)28(15)12-17-8-9-21-22(11-17)31-14-30-21)20(29)13-32-24-27-26-23(33-24)25-18-6-4-3-5-7-18/h8-11,18H,3-7,12-14H2,1-2H3,(H,25,26). The highest BCUT2D eigenvalue weighted by Gasteiger charge is 2.19. The molecular weight excluding hydrogens is 456 g/mol. The first-order chi connectivity index (χ1) is 16.1. The van der Waals surface area contributed by atoms with Crippen molar-refractivity contribution < 1.29 is 14.3 Å². The van der Waals surface area contributed by atoms with Crippen molar-refractivity contribution >= 4 is 34.0 Å². The van der Waals surface area contributed by atoms with Crippen LogP contribution < -0.4 is 14.8 Å². The van der Waals surface area contributed by atoms with Gasteiger partial charge in [-0.3, -0.25) is 4.79 Å². The van der Waals surface area contributed by atoms with Crippen molar-refractivity contribution in [3.8, 4) is 11.5 Å². The number of aryl methyl sites for hydroxylation is 1. The van der Waals surface area contributed by atoms with Gasteiger partial charge in [0, 0.05) is 29.5 Å². The molecule has 1 fully saturated rings. The van der Waals surface area contributed by atoms with Crippen LogP contribution in [0.15, 0.2) is 28.6 Å². The molecule has 0 bridgehead atoms. The van der Waals surface area contributed by atoms with Gasteiger partial charge < -0.3 is 19.4 Å². The summed E-state index contributed by atoms with van der Waals surface area (Å²) in [6, 6.07) is 8.47. The Bertz CT molecular complexity index is 1150. The Labute approximate surface area is 201 Å². The summed E-state index contributed by atoms with van der Waals surface area (Å²) in [4.78, 5) is 13.0. The minimum atomic E-state index is 0.113. The summed E-state index contributed by atoms with van der Waals surface area (Å²) in [6.45, 7) is 5.00. The fourth-order valence-corrected chi connectivity index (χ4v) is 6.21. The molecule has 1 aliphatic carbocycles. The zero-order valence-electron chi connectivity index (χ0n) is 18.9. The zero-order chi connectivity index (χ0) is 22.8. The molecule has 9 heteroatoms. The second-order valence-electron chi connectivity index (χ2n) is 8.62. The highest BCUT2D eigenvalue weighted by Crippen LogP contribution is 2.33. The van der Waals surface area contributed by atoms with Gasteiger partial charge in [0.05, 0.1) is 5.75 Å². The Balaban J connectivity index is 1.21. The quantitative estimate of drug-likeness (QED) is 0.336. The Morgan fingerprint density at radius 3 is 2.82 bits per heavy atom. The SMILES string of the molecule is Cc1cc(C(=O)CSc2nnc(NC3CCCCC3)s2)c(C)n1Cc1ccc2c(c1)OCO2. The van der Waals surface area contributed by atoms with Crippen LogP contribution in [0.3, 0.4) is 0 Å². The van der Waals surface area contributed by atoms with E-state index in [0.717, 1.165) is 43.5 Å². The van der Waals surface area contributed by atoms with Gasteiger partial charge in [0.1, 0.15) is 0 Å². The number of rotatable bonds is 8. The maximum absolute atomic E-state index is 13.0. The molecule has 1 N–H and O–H groups in total. The van der Waals surface area contributed by atoms with E-state index in [1.54, 1.807) is 0 Å². The monoisotopic (exact) mass is 484 g/mol. The third-order valence-electron chi connectivity index (χ3n) is 6.32. The average molecular weight is 485 g/mol. The Morgan fingerprint density at radius 2 is 1.97 bits per heavy atom. The molecule has 1 aromatic carbocycles. The van der Waals surface area contributed by atoms with Crippen molar-refractivity contribution in [1.29, 1.82) is 0 Å². The normalized spacial score (nSPS) is 15.7. The molecule has 3 heterocycles. The molecule has 5 rings (SSSR count). The summed E-state index contributed by atoms with van der Waals surface area (Å²) in [5.74, 6) is 2.02. The second-order valence-corrected chi connectivity index (χ2v) is 10.8. The minimum Gasteiger partial charge on any atom is -0.454 e. The maximum Gasteiger partial charge on any atom is 0.231 e. The van der Waals surface area contributed by atoms with E-state index < -0.39 is 0 Å². The fourth-order valence-electron chi connectivity index (χ4n) is 4.50. The molecule has 1 saturated carbocycles. The number of benzene rings is 1. The zero-order valence-corrected chi connectivity index (χ0v) is 20.6. The van der Waals surface area contributed by atoms with E-state index in [1.165, 1.54) is 55.2 Å². The molecular formula is C24H28N4O3S2. The van der Waals surface area contributed by atoms with Gasteiger partial charge in [0.15, 0.2) is 21.6 Å². The highest BCUT2D eigenvalue weighted by molar-refractivity contribution is 8.01. The lowest BCUT2D eigenvalue weighted by atomic mass is 9.96. The van der Waals surface area contributed by atoms with Gasteiger partial charge >= 0.3 is 0 Å². The molecule has 33 heavy (non-hydrogen) atoms. The van der Waals surface area contributed by atoms with E-state index >= 15 is 0 Å². The molecule has 174 valence electrons. The van der Waals surface area contributed by atoms with E-state index in [-0.39, 0.29) is 12.6 Å². The fraction of sp³-hybridized carbons (Fsp3) is 0.458. The van der Waals surface area contributed by atoms with Crippen LogP contribution >= 0.6 is 23.1 Å². The Hall–Kier alpha value is -2.52. The summed E-state index contributed by atoms with van der Waals surface area (Å²) in [5, 5.41) is 12.9. The van der Waals surface area contributed by atoms with E-state index in [9.17, 15) is 4.79 Å². The molecule has 7 nitrogen and oxygen atoms in total. The summed E-state index contributed by atoms with van der Waals surface area (Å²) in [5.41, 5.74) is 3.92. The van der Waals surface area contributed by atoms with Crippen molar-refractivity contribution in [2.24, 2.45) is 0 Å². The first-order valence-corrected chi connectivity index (χ1v) is 13.2. The number of thioether (sulfide) groups is 1. The summed E-state index contributed by atoms with van der Waals surface area (Å²) in [6.07, 6.45) is 6.28. The van der Waals surface area contributed by atoms with Crippen molar-refractivity contribution in [2.45, 2.75) is 62.9 Å². The Morgan fingerprint density at radius 1 is 1.15 bits per heavy atom. The van der Waals surface area contributed by atoms with Crippen LogP contribution in [0.5, 0.6) is 11.5 Å². The molecule has 0 amide bonds. The number of fused-ring (bicyclic) bond motifs is 1. The first kappa shape index (κ1) is 22.3. The van der Waals surface area contributed by atoms with Gasteiger partial charge in [-0.1, -0.05) is 48.4 Å². The van der Waals surface area contributed by atoms with Gasteiger partial charge in [-0.15, -0.1) is 10.2 Å². The number of nitrogens with zero attached hydrogens (tertiary/aromatic N) is 3. The van der Waals surface area contributed by atoms with Crippen molar-refractivity contribution in [3.63, 3.8) is 0 Å². The number of nitrogens with one attached hydrogen (secondary N) is 1. The molecule has 3 aromatic rings. The van der Waals surface area contributed by atoms with Crippen LogP contribution in [0.25, 0.3) is 0 Å². The largest absolute Gasteiger partial charge is 0.454 e. The smallest absolute Gasteiger partial charge is 0.231 e. The number of ketones is 1. The van der Waals surface area contributed by atoms with Crippen LogP contribution in [0.2, 0.25) is 0 Å². The van der Waals surface area contributed by atoms with E-state index in [4.69, 9.17) is 9.47 Å². The van der Waals surface area contributed by atoms with Crippen molar-refractivity contribution in [3.05, 3.63) is 46.8 Å². The van der Waals surface area contributed by atoms with E-state index in [0.29, 0.717) is 18.3 Å². The van der Waals surface area contributed by atoms with Gasteiger partial charge in [0.25, 0.3) is 0 Å². The van der Waals surface area contributed by atoms with Crippen molar-refractivity contribution in [2.75, 3.05) is 17.9 Å². The van der Waals surface area contributed by atoms with Crippen LogP contribution in [-0.2, 0) is 6.54 Å². The number of hydrogen-bond acceptors (Lipinski definition) is 8. The highest BCUT2D eigenvalue weighted by atomic mass is 32.2. The maximum atomic E-state index is 13.0. The number of aromatic nitrogens is 3. The van der Waals surface area contributed by atoms with Crippen LogP contribution in [-0.4, -0.2) is 39.1 Å². The first-order valence-electron chi connectivity index (χ1n) is 11.4. The number of Topliss-reactive ketones (excluding diaryl/α,β-unsaturated/α-hetero) is 1. The predicted octanol–water partition coefficient (Wildman–Crippen LogP) is 5.45. The number of ether oxygens (including phenoxy) is 2. The Kier molecular flexibility index (Phi) is 6.59. The van der Waals surface area contributed by atoms with E-state index in [2.05, 4.69) is 20.1 Å².